The number of nitrogens with zero attached hydrogens (tertiary/aromatic N) is 3. The monoisotopic (exact) mass is 290 g/mol. The highest BCUT2D eigenvalue weighted by Gasteiger charge is 2.24. The Morgan fingerprint density at radius 1 is 1.38 bits per heavy atom. The van der Waals surface area contributed by atoms with Crippen LogP contribution in [0.3, 0.4) is 0 Å². The molecule has 0 fully saturated rings. The number of benzene rings is 1. The number of aryl methyl sites for hydroxylation is 2. The standard InChI is InChI=1S/C14H18N4O3/c1-3-17-14(13(18(19)20)11(2)16-17)15-9-10-21-12-7-5-4-6-8-12/h4-8,15H,3,9-10H2,1-2H3. The quantitative estimate of drug-likeness (QED) is 0.481. The van der Waals surface area contributed by atoms with E-state index in [0.717, 1.165) is 5.75 Å². The van der Waals surface area contributed by atoms with Crippen molar-refractivity contribution in [1.82, 2.24) is 9.78 Å². The molecule has 21 heavy (non-hydrogen) atoms. The molecule has 1 heterocycles. The van der Waals surface area contributed by atoms with Gasteiger partial charge in [0, 0.05) is 6.54 Å². The summed E-state index contributed by atoms with van der Waals surface area (Å²) in [5.41, 5.74) is 0.435. The molecule has 0 radical (unpaired) electrons. The predicted octanol–water partition coefficient (Wildman–Crippen LogP) is 2.61. The van der Waals surface area contributed by atoms with E-state index in [1.165, 1.54) is 0 Å². The Kier molecular flexibility index (Phi) is 4.76. The van der Waals surface area contributed by atoms with Gasteiger partial charge in [-0.05, 0) is 26.0 Å². The zero-order chi connectivity index (χ0) is 15.2. The molecule has 0 spiro atoms. The van der Waals surface area contributed by atoms with E-state index in [0.29, 0.717) is 31.2 Å². The van der Waals surface area contributed by atoms with Gasteiger partial charge in [-0.25, -0.2) is 4.68 Å². The summed E-state index contributed by atoms with van der Waals surface area (Å²) >= 11 is 0. The maximum absolute atomic E-state index is 11.1. The summed E-state index contributed by atoms with van der Waals surface area (Å²) < 4.78 is 7.14. The lowest BCUT2D eigenvalue weighted by atomic mass is 10.3. The summed E-state index contributed by atoms with van der Waals surface area (Å²) in [4.78, 5) is 10.7. The minimum absolute atomic E-state index is 0.0246. The average molecular weight is 290 g/mol. The highest BCUT2D eigenvalue weighted by Crippen LogP contribution is 2.27. The van der Waals surface area contributed by atoms with Crippen LogP contribution in [0.4, 0.5) is 11.5 Å². The van der Waals surface area contributed by atoms with Crippen molar-refractivity contribution in [3.8, 4) is 5.75 Å². The van der Waals surface area contributed by atoms with Gasteiger partial charge in [-0.2, -0.15) is 5.10 Å². The number of rotatable bonds is 7. The first-order valence-electron chi connectivity index (χ1n) is 6.77. The fourth-order valence-electron chi connectivity index (χ4n) is 2.05. The van der Waals surface area contributed by atoms with Crippen molar-refractivity contribution in [2.75, 3.05) is 18.5 Å². The van der Waals surface area contributed by atoms with Gasteiger partial charge in [-0.3, -0.25) is 10.1 Å². The Balaban J connectivity index is 1.98. The Bertz CT molecular complexity index is 610. The Morgan fingerprint density at radius 3 is 2.71 bits per heavy atom. The highest BCUT2D eigenvalue weighted by atomic mass is 16.6. The van der Waals surface area contributed by atoms with Crippen molar-refractivity contribution in [3.05, 3.63) is 46.1 Å². The Hall–Kier alpha value is -2.57. The molecule has 0 saturated carbocycles. The van der Waals surface area contributed by atoms with Crippen LogP contribution in [0.2, 0.25) is 0 Å². The molecule has 0 bridgehead atoms. The van der Waals surface area contributed by atoms with E-state index in [4.69, 9.17) is 4.74 Å². The number of hydrogen-bond donors (Lipinski definition) is 1. The lowest BCUT2D eigenvalue weighted by Crippen LogP contribution is -2.15. The average Bonchev–Trinajstić information content (AvgIpc) is 2.80. The first kappa shape index (κ1) is 14.8. The molecule has 7 nitrogen and oxygen atoms in total. The summed E-state index contributed by atoms with van der Waals surface area (Å²) in [6, 6.07) is 9.43. The van der Waals surface area contributed by atoms with Crippen molar-refractivity contribution < 1.29 is 9.66 Å². The van der Waals surface area contributed by atoms with Crippen LogP contribution in [0.25, 0.3) is 0 Å². The number of hydrogen-bond acceptors (Lipinski definition) is 5. The molecule has 0 unspecified atom stereocenters. The first-order chi connectivity index (χ1) is 10.1. The molecule has 0 saturated heterocycles. The van der Waals surface area contributed by atoms with Gasteiger partial charge in [-0.1, -0.05) is 18.2 Å². The second-order valence-corrected chi connectivity index (χ2v) is 4.44. The fourth-order valence-corrected chi connectivity index (χ4v) is 2.05. The predicted molar refractivity (Wildman–Crippen MR) is 79.7 cm³/mol. The first-order valence-corrected chi connectivity index (χ1v) is 6.77. The van der Waals surface area contributed by atoms with Gasteiger partial charge in [0.15, 0.2) is 0 Å². The van der Waals surface area contributed by atoms with Gasteiger partial charge in [0.25, 0.3) is 0 Å². The molecule has 0 aliphatic rings. The molecule has 1 aromatic carbocycles. The summed E-state index contributed by atoms with van der Waals surface area (Å²) in [5.74, 6) is 1.20. The van der Waals surface area contributed by atoms with Gasteiger partial charge in [0.2, 0.25) is 5.82 Å². The van der Waals surface area contributed by atoms with Gasteiger partial charge < -0.3 is 10.1 Å². The van der Waals surface area contributed by atoms with Gasteiger partial charge in [0.05, 0.1) is 11.5 Å². The van der Waals surface area contributed by atoms with E-state index in [1.54, 1.807) is 11.6 Å². The fraction of sp³-hybridized carbons (Fsp3) is 0.357. The molecular weight excluding hydrogens is 272 g/mol. The summed E-state index contributed by atoms with van der Waals surface area (Å²) in [6.07, 6.45) is 0. The molecule has 2 rings (SSSR count). The Labute approximate surface area is 122 Å². The minimum Gasteiger partial charge on any atom is -0.492 e. The molecule has 7 heteroatoms. The van der Waals surface area contributed by atoms with Crippen LogP contribution in [0.15, 0.2) is 30.3 Å². The molecule has 0 amide bonds. The minimum atomic E-state index is -0.408. The van der Waals surface area contributed by atoms with Crippen LogP contribution in [0.1, 0.15) is 12.6 Å². The van der Waals surface area contributed by atoms with Crippen LogP contribution in [-0.2, 0) is 6.54 Å². The summed E-state index contributed by atoms with van der Waals surface area (Å²) in [7, 11) is 0. The number of nitrogens with one attached hydrogen (secondary N) is 1. The third kappa shape index (κ3) is 3.50. The third-order valence-corrected chi connectivity index (χ3v) is 2.98. The van der Waals surface area contributed by atoms with Crippen LogP contribution in [0.5, 0.6) is 5.75 Å². The van der Waals surface area contributed by atoms with Crippen molar-refractivity contribution in [2.24, 2.45) is 0 Å². The zero-order valence-electron chi connectivity index (χ0n) is 12.1. The van der Waals surface area contributed by atoms with E-state index >= 15 is 0 Å². The van der Waals surface area contributed by atoms with Gasteiger partial charge in [-0.15, -0.1) is 0 Å². The van der Waals surface area contributed by atoms with Crippen molar-refractivity contribution in [3.63, 3.8) is 0 Å². The molecule has 2 aromatic rings. The van der Waals surface area contributed by atoms with Gasteiger partial charge >= 0.3 is 5.69 Å². The number of nitro groups is 1. The van der Waals surface area contributed by atoms with E-state index in [2.05, 4.69) is 10.4 Å². The Morgan fingerprint density at radius 2 is 2.10 bits per heavy atom. The maximum atomic E-state index is 11.1. The number of ether oxygens (including phenoxy) is 1. The number of para-hydroxylation sites is 1. The largest absolute Gasteiger partial charge is 0.492 e. The van der Waals surface area contributed by atoms with Crippen molar-refractivity contribution in [2.45, 2.75) is 20.4 Å². The lowest BCUT2D eigenvalue weighted by Gasteiger charge is -2.09. The second kappa shape index (κ2) is 6.74. The molecular formula is C14H18N4O3. The third-order valence-electron chi connectivity index (χ3n) is 2.98. The molecule has 1 aromatic heterocycles. The molecule has 112 valence electrons. The van der Waals surface area contributed by atoms with E-state index in [9.17, 15) is 10.1 Å². The maximum Gasteiger partial charge on any atom is 0.333 e. The topological polar surface area (TPSA) is 82.2 Å². The van der Waals surface area contributed by atoms with Crippen LogP contribution in [-0.4, -0.2) is 27.9 Å². The molecule has 0 atom stereocenters. The number of aromatic nitrogens is 2. The lowest BCUT2D eigenvalue weighted by molar-refractivity contribution is -0.384. The van der Waals surface area contributed by atoms with E-state index in [-0.39, 0.29) is 5.69 Å². The molecule has 0 aliphatic heterocycles. The summed E-state index contributed by atoms with van der Waals surface area (Å²) in [5, 5.41) is 18.3. The number of anilines is 1. The van der Waals surface area contributed by atoms with E-state index in [1.807, 2.05) is 37.3 Å². The molecule has 1 N–H and O–H groups in total. The molecule has 0 aliphatic carbocycles. The smallest absolute Gasteiger partial charge is 0.333 e. The van der Waals surface area contributed by atoms with Crippen molar-refractivity contribution in [1.29, 1.82) is 0 Å². The SMILES string of the molecule is CCn1nc(C)c([N+](=O)[O-])c1NCCOc1ccccc1. The van der Waals surface area contributed by atoms with Gasteiger partial charge in [0.1, 0.15) is 18.1 Å². The van der Waals surface area contributed by atoms with Crippen LogP contribution < -0.4 is 10.1 Å². The highest BCUT2D eigenvalue weighted by molar-refractivity contribution is 5.59. The van der Waals surface area contributed by atoms with Crippen molar-refractivity contribution >= 4 is 11.5 Å². The second-order valence-electron chi connectivity index (χ2n) is 4.44. The van der Waals surface area contributed by atoms with E-state index < -0.39 is 4.92 Å². The van der Waals surface area contributed by atoms with Crippen LogP contribution in [0, 0.1) is 17.0 Å². The zero-order valence-corrected chi connectivity index (χ0v) is 12.1. The summed E-state index contributed by atoms with van der Waals surface area (Å²) in [6.45, 7) is 4.96. The normalized spacial score (nSPS) is 10.4. The van der Waals surface area contributed by atoms with Crippen LogP contribution >= 0.6 is 0 Å².